The van der Waals surface area contributed by atoms with Gasteiger partial charge in [-0.1, -0.05) is 36.4 Å². The normalized spacial score (nSPS) is 20.8. The van der Waals surface area contributed by atoms with Crippen molar-refractivity contribution >= 4 is 0 Å². The van der Waals surface area contributed by atoms with Gasteiger partial charge in [-0.15, -0.1) is 0 Å². The van der Waals surface area contributed by atoms with E-state index in [0.717, 1.165) is 37.4 Å². The third-order valence-electron chi connectivity index (χ3n) is 6.03. The van der Waals surface area contributed by atoms with Gasteiger partial charge in [0, 0.05) is 48.6 Å². The van der Waals surface area contributed by atoms with Crippen LogP contribution in [0.1, 0.15) is 35.6 Å². The van der Waals surface area contributed by atoms with Gasteiger partial charge >= 0.3 is 0 Å². The summed E-state index contributed by atoms with van der Waals surface area (Å²) in [6, 6.07) is 20.2. The van der Waals surface area contributed by atoms with Crippen molar-refractivity contribution in [1.82, 2.24) is 15.6 Å². The third kappa shape index (κ3) is 3.91. The Morgan fingerprint density at radius 2 is 2.00 bits per heavy atom. The van der Waals surface area contributed by atoms with Gasteiger partial charge in [0.2, 0.25) is 0 Å². The fourth-order valence-corrected chi connectivity index (χ4v) is 4.58. The maximum atomic E-state index is 6.00. The van der Waals surface area contributed by atoms with Gasteiger partial charge in [-0.2, -0.15) is 0 Å². The molecule has 4 heteroatoms. The minimum absolute atomic E-state index is 0.348. The highest BCUT2D eigenvalue weighted by molar-refractivity contribution is 5.67. The van der Waals surface area contributed by atoms with E-state index in [4.69, 9.17) is 4.74 Å². The number of rotatable bonds is 5. The predicted octanol–water partition coefficient (Wildman–Crippen LogP) is 4.27. The number of pyridine rings is 1. The van der Waals surface area contributed by atoms with Crippen LogP contribution in [0.25, 0.3) is 11.1 Å². The van der Waals surface area contributed by atoms with Crippen molar-refractivity contribution in [3.05, 3.63) is 83.7 Å². The first-order chi connectivity index (χ1) is 14.4. The molecule has 148 valence electrons. The van der Waals surface area contributed by atoms with E-state index in [1.807, 2.05) is 18.5 Å². The van der Waals surface area contributed by atoms with E-state index in [2.05, 4.69) is 64.1 Å². The minimum Gasteiger partial charge on any atom is -0.493 e. The summed E-state index contributed by atoms with van der Waals surface area (Å²) in [4.78, 5) is 4.29. The number of ether oxygens (including phenoxy) is 1. The monoisotopic (exact) mass is 385 g/mol. The lowest BCUT2D eigenvalue weighted by Crippen LogP contribution is -2.45. The van der Waals surface area contributed by atoms with E-state index >= 15 is 0 Å². The van der Waals surface area contributed by atoms with Crippen LogP contribution in [0, 0.1) is 0 Å². The van der Waals surface area contributed by atoms with Gasteiger partial charge in [-0.3, -0.25) is 4.98 Å². The average Bonchev–Trinajstić information content (AvgIpc) is 3.28. The molecule has 0 saturated carbocycles. The van der Waals surface area contributed by atoms with E-state index in [1.165, 1.54) is 35.1 Å². The maximum Gasteiger partial charge on any atom is 0.127 e. The molecule has 1 aromatic heterocycles. The van der Waals surface area contributed by atoms with Crippen molar-refractivity contribution in [2.45, 2.75) is 37.9 Å². The Morgan fingerprint density at radius 1 is 1.07 bits per heavy atom. The maximum absolute atomic E-state index is 6.00. The highest BCUT2D eigenvalue weighted by atomic mass is 16.5. The molecule has 1 fully saturated rings. The number of hydrogen-bond donors (Lipinski definition) is 2. The zero-order valence-electron chi connectivity index (χ0n) is 16.6. The van der Waals surface area contributed by atoms with Crippen LogP contribution in [0.15, 0.2) is 67.0 Å². The lowest BCUT2D eigenvalue weighted by molar-refractivity contribution is 0.301. The van der Waals surface area contributed by atoms with Gasteiger partial charge < -0.3 is 15.4 Å². The summed E-state index contributed by atoms with van der Waals surface area (Å²) in [6.07, 6.45) is 7.12. The Morgan fingerprint density at radius 3 is 2.86 bits per heavy atom. The Labute approximate surface area is 172 Å². The Hall–Kier alpha value is -2.69. The molecule has 2 atom stereocenters. The molecule has 0 radical (unpaired) electrons. The molecule has 29 heavy (non-hydrogen) atoms. The van der Waals surface area contributed by atoms with Gasteiger partial charge in [0.1, 0.15) is 5.75 Å². The van der Waals surface area contributed by atoms with Crippen LogP contribution in [0.4, 0.5) is 0 Å². The summed E-state index contributed by atoms with van der Waals surface area (Å²) < 4.78 is 6.00. The molecule has 2 aliphatic heterocycles. The SMILES string of the molecule is c1ccc([C@@H]2NCCC[C@@H]2NCc2cc(-c3cccnc3)cc3c2OCC3)cc1. The summed E-state index contributed by atoms with van der Waals surface area (Å²) >= 11 is 0. The van der Waals surface area contributed by atoms with E-state index in [-0.39, 0.29) is 0 Å². The van der Waals surface area contributed by atoms with E-state index in [9.17, 15) is 0 Å². The largest absolute Gasteiger partial charge is 0.493 e. The molecular formula is C25H27N3O. The second-order valence-corrected chi connectivity index (χ2v) is 7.94. The van der Waals surface area contributed by atoms with Crippen LogP contribution < -0.4 is 15.4 Å². The summed E-state index contributed by atoms with van der Waals surface area (Å²) in [7, 11) is 0. The molecule has 0 spiro atoms. The molecule has 2 aromatic carbocycles. The molecule has 3 aromatic rings. The van der Waals surface area contributed by atoms with Crippen LogP contribution >= 0.6 is 0 Å². The van der Waals surface area contributed by atoms with Gasteiger partial charge in [0.15, 0.2) is 0 Å². The molecule has 4 nitrogen and oxygen atoms in total. The summed E-state index contributed by atoms with van der Waals surface area (Å²) in [5.41, 5.74) is 6.29. The topological polar surface area (TPSA) is 46.2 Å². The summed E-state index contributed by atoms with van der Waals surface area (Å²) in [6.45, 7) is 2.66. The smallest absolute Gasteiger partial charge is 0.127 e. The Bertz CT molecular complexity index is 959. The van der Waals surface area contributed by atoms with E-state index in [0.29, 0.717) is 12.1 Å². The quantitative estimate of drug-likeness (QED) is 0.689. The molecule has 2 N–H and O–H groups in total. The fourth-order valence-electron chi connectivity index (χ4n) is 4.58. The third-order valence-corrected chi connectivity index (χ3v) is 6.03. The highest BCUT2D eigenvalue weighted by Crippen LogP contribution is 2.35. The molecule has 1 saturated heterocycles. The number of benzene rings is 2. The number of fused-ring (bicyclic) bond motifs is 1. The second kappa shape index (κ2) is 8.36. The van der Waals surface area contributed by atoms with Crippen LogP contribution in [0.5, 0.6) is 5.75 Å². The number of nitrogens with zero attached hydrogens (tertiary/aromatic N) is 1. The predicted molar refractivity (Wildman–Crippen MR) is 116 cm³/mol. The fraction of sp³-hybridized carbons (Fsp3) is 0.320. The first-order valence-corrected chi connectivity index (χ1v) is 10.6. The number of aromatic nitrogens is 1. The minimum atomic E-state index is 0.348. The molecule has 5 rings (SSSR count). The van der Waals surface area contributed by atoms with Gasteiger partial charge in [0.25, 0.3) is 0 Å². The van der Waals surface area contributed by atoms with Crippen LogP contribution in [0.2, 0.25) is 0 Å². The van der Waals surface area contributed by atoms with Gasteiger partial charge in [-0.25, -0.2) is 0 Å². The zero-order valence-corrected chi connectivity index (χ0v) is 16.6. The first-order valence-electron chi connectivity index (χ1n) is 10.6. The molecular weight excluding hydrogens is 358 g/mol. The van der Waals surface area contributed by atoms with Crippen molar-refractivity contribution in [3.63, 3.8) is 0 Å². The van der Waals surface area contributed by atoms with Crippen LogP contribution in [-0.4, -0.2) is 24.2 Å². The highest BCUT2D eigenvalue weighted by Gasteiger charge is 2.26. The van der Waals surface area contributed by atoms with Crippen LogP contribution in [0.3, 0.4) is 0 Å². The van der Waals surface area contributed by atoms with Gasteiger partial charge in [-0.05, 0) is 54.3 Å². The average molecular weight is 386 g/mol. The lowest BCUT2D eigenvalue weighted by Gasteiger charge is -2.34. The Kier molecular flexibility index (Phi) is 5.29. The Balaban J connectivity index is 1.39. The molecule has 0 unspecified atom stereocenters. The molecule has 2 aliphatic rings. The van der Waals surface area contributed by atoms with Crippen molar-refractivity contribution < 1.29 is 4.74 Å². The standard InChI is InChI=1S/C25H27N3O/c1-2-6-18(7-3-1)24-23(9-5-12-27-24)28-17-22-15-21(20-8-4-11-26-16-20)14-19-10-13-29-25(19)22/h1-4,6-8,11,14-16,23-24,27-28H,5,9-10,12-13,17H2/t23-,24-/m0/s1. The number of piperidine rings is 1. The van der Waals surface area contributed by atoms with Crippen molar-refractivity contribution in [2.24, 2.45) is 0 Å². The molecule has 0 amide bonds. The van der Waals surface area contributed by atoms with Crippen molar-refractivity contribution in [3.8, 4) is 16.9 Å². The first kappa shape index (κ1) is 18.3. The molecule has 0 bridgehead atoms. The zero-order chi connectivity index (χ0) is 19.5. The summed E-state index contributed by atoms with van der Waals surface area (Å²) in [5.74, 6) is 1.07. The van der Waals surface area contributed by atoms with Crippen LogP contribution in [-0.2, 0) is 13.0 Å². The number of hydrogen-bond acceptors (Lipinski definition) is 4. The van der Waals surface area contributed by atoms with Crippen molar-refractivity contribution in [2.75, 3.05) is 13.2 Å². The van der Waals surface area contributed by atoms with E-state index < -0.39 is 0 Å². The van der Waals surface area contributed by atoms with Crippen molar-refractivity contribution in [1.29, 1.82) is 0 Å². The second-order valence-electron chi connectivity index (χ2n) is 7.94. The number of nitrogens with one attached hydrogen (secondary N) is 2. The molecule has 3 heterocycles. The summed E-state index contributed by atoms with van der Waals surface area (Å²) in [5, 5.41) is 7.55. The van der Waals surface area contributed by atoms with E-state index in [1.54, 1.807) is 0 Å². The molecule has 0 aliphatic carbocycles. The lowest BCUT2D eigenvalue weighted by atomic mass is 9.92. The van der Waals surface area contributed by atoms with Gasteiger partial charge in [0.05, 0.1) is 6.61 Å².